The van der Waals surface area contributed by atoms with Gasteiger partial charge in [-0.25, -0.2) is 9.78 Å². The molecule has 2 aromatic rings. The van der Waals surface area contributed by atoms with Gasteiger partial charge >= 0.3 is 5.97 Å². The Kier molecular flexibility index (Phi) is 4.29. The van der Waals surface area contributed by atoms with Crippen molar-refractivity contribution in [2.45, 2.75) is 57.9 Å². The first-order valence-electron chi connectivity index (χ1n) is 9.59. The molecule has 1 aliphatic heterocycles. The van der Waals surface area contributed by atoms with Gasteiger partial charge in [0.25, 0.3) is 0 Å². The number of nitrogens with zero attached hydrogens (tertiary/aromatic N) is 2. The van der Waals surface area contributed by atoms with E-state index in [1.165, 1.54) is 12.3 Å². The molecule has 0 atom stereocenters. The van der Waals surface area contributed by atoms with Gasteiger partial charge in [-0.15, -0.1) is 0 Å². The quantitative estimate of drug-likeness (QED) is 0.817. The molecule has 3 heterocycles. The lowest BCUT2D eigenvalue weighted by Crippen LogP contribution is -2.46. The largest absolute Gasteiger partial charge is 0.492 e. The number of fused-ring (bicyclic) bond motifs is 4. The number of carboxylic acid groups (broad SMARTS) is 1. The predicted octanol–water partition coefficient (Wildman–Crippen LogP) is 3.53. The van der Waals surface area contributed by atoms with Crippen LogP contribution in [0.3, 0.4) is 0 Å². The molecule has 0 unspecified atom stereocenters. The number of aryl methyl sites for hydroxylation is 1. The summed E-state index contributed by atoms with van der Waals surface area (Å²) in [5, 5.41) is 9.36. The minimum Gasteiger partial charge on any atom is -0.492 e. The van der Waals surface area contributed by atoms with Crippen LogP contribution in [-0.2, 0) is 12.0 Å². The van der Waals surface area contributed by atoms with E-state index in [-0.39, 0.29) is 11.1 Å². The van der Waals surface area contributed by atoms with Crippen molar-refractivity contribution in [2.75, 3.05) is 6.61 Å². The van der Waals surface area contributed by atoms with Crippen LogP contribution in [0.25, 0.3) is 11.4 Å². The van der Waals surface area contributed by atoms with Gasteiger partial charge in [0, 0.05) is 17.8 Å². The molecule has 1 saturated carbocycles. The van der Waals surface area contributed by atoms with E-state index in [4.69, 9.17) is 9.72 Å². The van der Waals surface area contributed by atoms with E-state index in [1.54, 1.807) is 0 Å². The molecule has 1 aliphatic carbocycles. The third kappa shape index (κ3) is 2.83. The van der Waals surface area contributed by atoms with Crippen LogP contribution in [0, 0.1) is 6.92 Å². The summed E-state index contributed by atoms with van der Waals surface area (Å²) in [5.41, 5.74) is 2.54. The molecular formula is C21H24N2O4. The summed E-state index contributed by atoms with van der Waals surface area (Å²) in [5.74, 6) is -0.381. The highest BCUT2D eigenvalue weighted by Crippen LogP contribution is 2.48. The van der Waals surface area contributed by atoms with Crippen molar-refractivity contribution < 1.29 is 14.6 Å². The lowest BCUT2D eigenvalue weighted by atomic mass is 9.70. The zero-order valence-corrected chi connectivity index (χ0v) is 15.7. The van der Waals surface area contributed by atoms with Crippen molar-refractivity contribution in [1.29, 1.82) is 0 Å². The summed E-state index contributed by atoms with van der Waals surface area (Å²) in [6.45, 7) is 4.70. The topological polar surface area (TPSA) is 81.4 Å². The fourth-order valence-electron chi connectivity index (χ4n) is 4.17. The average molecular weight is 368 g/mol. The molecule has 0 bridgehead atoms. The second-order valence-electron chi connectivity index (χ2n) is 7.65. The first kappa shape index (κ1) is 17.8. The van der Waals surface area contributed by atoms with Gasteiger partial charge < -0.3 is 14.4 Å². The minimum absolute atomic E-state index is 0.155. The summed E-state index contributed by atoms with van der Waals surface area (Å²) in [4.78, 5) is 28.5. The van der Waals surface area contributed by atoms with Crippen LogP contribution in [0.5, 0.6) is 5.75 Å². The summed E-state index contributed by atoms with van der Waals surface area (Å²) in [6.07, 6.45) is 7.42. The Morgan fingerprint density at radius 2 is 2.15 bits per heavy atom. The van der Waals surface area contributed by atoms with Gasteiger partial charge in [-0.1, -0.05) is 13.3 Å². The van der Waals surface area contributed by atoms with Gasteiger partial charge in [-0.2, -0.15) is 0 Å². The molecule has 1 spiro atoms. The van der Waals surface area contributed by atoms with E-state index >= 15 is 0 Å². The van der Waals surface area contributed by atoms with Crippen molar-refractivity contribution in [2.24, 2.45) is 0 Å². The summed E-state index contributed by atoms with van der Waals surface area (Å²) in [6, 6.07) is 3.50. The van der Waals surface area contributed by atoms with Crippen LogP contribution < -0.4 is 10.2 Å². The van der Waals surface area contributed by atoms with E-state index in [0.717, 1.165) is 61.2 Å². The first-order valence-corrected chi connectivity index (χ1v) is 9.59. The van der Waals surface area contributed by atoms with Gasteiger partial charge in [0.05, 0.1) is 23.7 Å². The Balaban J connectivity index is 1.85. The number of carboxylic acids is 1. The Hall–Kier alpha value is -2.63. The van der Waals surface area contributed by atoms with Gasteiger partial charge in [-0.05, 0) is 50.7 Å². The van der Waals surface area contributed by atoms with Crippen molar-refractivity contribution >= 4 is 5.97 Å². The van der Waals surface area contributed by atoms with Crippen LogP contribution in [0.4, 0.5) is 0 Å². The second kappa shape index (κ2) is 6.51. The van der Waals surface area contributed by atoms with Gasteiger partial charge in [0.2, 0.25) is 0 Å². The molecule has 4 rings (SSSR count). The maximum atomic E-state index is 12.3. The molecule has 0 saturated heterocycles. The molecule has 1 fully saturated rings. The molecule has 2 aromatic heterocycles. The SMILES string of the molecule is CCCCOc1cc2c(nc1C)-c1cc(=O)c(C(=O)O)cn1C1(CCC1)C2. The van der Waals surface area contributed by atoms with Crippen LogP contribution in [0.1, 0.15) is 60.6 Å². The number of carbonyl (C=O) groups is 1. The molecule has 27 heavy (non-hydrogen) atoms. The predicted molar refractivity (Wildman–Crippen MR) is 102 cm³/mol. The van der Waals surface area contributed by atoms with Gasteiger partial charge in [-0.3, -0.25) is 4.79 Å². The minimum atomic E-state index is -1.18. The fraction of sp³-hybridized carbons (Fsp3) is 0.476. The molecule has 1 N–H and O–H groups in total. The zero-order chi connectivity index (χ0) is 19.2. The third-order valence-corrected chi connectivity index (χ3v) is 5.84. The number of rotatable bonds is 5. The molecule has 0 aromatic carbocycles. The summed E-state index contributed by atoms with van der Waals surface area (Å²) in [7, 11) is 0. The monoisotopic (exact) mass is 368 g/mol. The van der Waals surface area contributed by atoms with Crippen LogP contribution in [0.2, 0.25) is 0 Å². The number of ether oxygens (including phenoxy) is 1. The number of aromatic carboxylic acids is 1. The maximum absolute atomic E-state index is 12.3. The molecule has 6 nitrogen and oxygen atoms in total. The molecule has 2 aliphatic rings. The lowest BCUT2D eigenvalue weighted by Gasteiger charge is -2.48. The third-order valence-electron chi connectivity index (χ3n) is 5.84. The van der Waals surface area contributed by atoms with Crippen molar-refractivity contribution in [3.05, 3.63) is 45.4 Å². The smallest absolute Gasteiger partial charge is 0.341 e. The van der Waals surface area contributed by atoms with E-state index in [9.17, 15) is 14.7 Å². The van der Waals surface area contributed by atoms with Crippen LogP contribution >= 0.6 is 0 Å². The highest BCUT2D eigenvalue weighted by atomic mass is 16.5. The number of hydrogen-bond acceptors (Lipinski definition) is 4. The van der Waals surface area contributed by atoms with Gasteiger partial charge in [0.1, 0.15) is 11.3 Å². The van der Waals surface area contributed by atoms with Crippen molar-refractivity contribution in [3.8, 4) is 17.1 Å². The summed E-state index contributed by atoms with van der Waals surface area (Å²) < 4.78 is 7.91. The Bertz CT molecular complexity index is 973. The van der Waals surface area contributed by atoms with E-state index < -0.39 is 11.4 Å². The van der Waals surface area contributed by atoms with E-state index in [2.05, 4.69) is 13.0 Å². The normalized spacial score (nSPS) is 16.4. The summed E-state index contributed by atoms with van der Waals surface area (Å²) >= 11 is 0. The highest BCUT2D eigenvalue weighted by molar-refractivity contribution is 5.87. The van der Waals surface area contributed by atoms with Gasteiger partial charge in [0.15, 0.2) is 5.43 Å². The number of hydrogen-bond donors (Lipinski definition) is 1. The first-order chi connectivity index (χ1) is 12.9. The molecule has 6 heteroatoms. The Morgan fingerprint density at radius 3 is 2.78 bits per heavy atom. The Morgan fingerprint density at radius 1 is 1.37 bits per heavy atom. The van der Waals surface area contributed by atoms with E-state index in [0.29, 0.717) is 12.3 Å². The second-order valence-corrected chi connectivity index (χ2v) is 7.65. The Labute approximate surface area is 157 Å². The van der Waals surface area contributed by atoms with Crippen LogP contribution in [0.15, 0.2) is 23.1 Å². The number of aromatic nitrogens is 2. The standard InChI is InChI=1S/C21H24N2O4/c1-3-4-8-27-18-9-14-11-21(6-5-7-21)23-12-15(20(25)26)17(24)10-16(23)19(14)22-13(18)2/h9-10,12H,3-8,11H2,1-2H3,(H,25,26). The number of unbranched alkanes of at least 4 members (excludes halogenated alkanes) is 1. The van der Waals surface area contributed by atoms with Crippen molar-refractivity contribution in [3.63, 3.8) is 0 Å². The van der Waals surface area contributed by atoms with Crippen molar-refractivity contribution in [1.82, 2.24) is 9.55 Å². The maximum Gasteiger partial charge on any atom is 0.341 e. The van der Waals surface area contributed by atoms with Crippen LogP contribution in [-0.4, -0.2) is 27.2 Å². The molecule has 0 radical (unpaired) electrons. The highest BCUT2D eigenvalue weighted by Gasteiger charge is 2.44. The number of pyridine rings is 2. The average Bonchev–Trinajstić information content (AvgIpc) is 2.60. The molecule has 142 valence electrons. The van der Waals surface area contributed by atoms with E-state index in [1.807, 2.05) is 11.5 Å². The zero-order valence-electron chi connectivity index (χ0n) is 15.7. The molecule has 0 amide bonds. The lowest BCUT2D eigenvalue weighted by molar-refractivity contribution is 0.0691. The molecular weight excluding hydrogens is 344 g/mol. The fourth-order valence-corrected chi connectivity index (χ4v) is 4.17.